The van der Waals surface area contributed by atoms with Crippen LogP contribution in [-0.4, -0.2) is 39.1 Å². The molecule has 0 aliphatic carbocycles. The van der Waals surface area contributed by atoms with E-state index in [1.807, 2.05) is 0 Å². The molecule has 0 spiro atoms. The normalized spacial score (nSPS) is 18.1. The number of aromatic nitrogens is 2. The fourth-order valence-electron chi connectivity index (χ4n) is 3.54. The summed E-state index contributed by atoms with van der Waals surface area (Å²) < 4.78 is 14.8. The van der Waals surface area contributed by atoms with Crippen molar-refractivity contribution in [1.82, 2.24) is 20.0 Å². The molecule has 1 fully saturated rings. The summed E-state index contributed by atoms with van der Waals surface area (Å²) >= 11 is 6.05. The summed E-state index contributed by atoms with van der Waals surface area (Å²) in [5, 5.41) is 10.1. The molecule has 4 rings (SSSR count). The van der Waals surface area contributed by atoms with Crippen LogP contribution in [0, 0.1) is 12.7 Å². The Hall–Kier alpha value is -3.72. The van der Waals surface area contributed by atoms with Crippen LogP contribution in [0.5, 0.6) is 0 Å². The van der Waals surface area contributed by atoms with Crippen LogP contribution >= 0.6 is 11.6 Å². The Morgan fingerprint density at radius 1 is 1.19 bits per heavy atom. The van der Waals surface area contributed by atoms with Crippen LogP contribution in [0.3, 0.4) is 0 Å². The predicted molar refractivity (Wildman–Crippen MR) is 116 cm³/mol. The maximum absolute atomic E-state index is 13.3. The Labute approximate surface area is 188 Å². The number of halogens is 2. The molecule has 1 unspecified atom stereocenters. The largest absolute Gasteiger partial charge is 0.325 e. The summed E-state index contributed by atoms with van der Waals surface area (Å²) in [7, 11) is 0. The lowest BCUT2D eigenvalue weighted by molar-refractivity contribution is -0.133. The van der Waals surface area contributed by atoms with E-state index >= 15 is 0 Å². The van der Waals surface area contributed by atoms with Crippen molar-refractivity contribution in [2.75, 3.05) is 11.9 Å². The van der Waals surface area contributed by atoms with Gasteiger partial charge >= 0.3 is 6.03 Å². The average molecular weight is 456 g/mol. The van der Waals surface area contributed by atoms with Gasteiger partial charge in [0.25, 0.3) is 5.91 Å². The molecular weight excluding hydrogens is 437 g/mol. The van der Waals surface area contributed by atoms with E-state index in [2.05, 4.69) is 15.7 Å². The molecule has 1 aliphatic heterocycles. The lowest BCUT2D eigenvalue weighted by Gasteiger charge is -2.22. The number of aryl methyl sites for hydroxylation is 1. The Balaban J connectivity index is 1.52. The first-order valence-electron chi connectivity index (χ1n) is 9.70. The molecule has 4 amide bonds. The molecule has 8 nitrogen and oxygen atoms in total. The van der Waals surface area contributed by atoms with Crippen LogP contribution in [0.4, 0.5) is 15.0 Å². The van der Waals surface area contributed by atoms with Gasteiger partial charge in [0.2, 0.25) is 5.91 Å². The van der Waals surface area contributed by atoms with E-state index in [-0.39, 0.29) is 0 Å². The third-order valence-electron chi connectivity index (χ3n) is 5.15. The zero-order valence-electron chi connectivity index (χ0n) is 17.2. The second kappa shape index (κ2) is 8.08. The lowest BCUT2D eigenvalue weighted by Crippen LogP contribution is -2.42. The molecule has 164 valence electrons. The molecule has 1 atom stereocenters. The first-order valence-corrected chi connectivity index (χ1v) is 10.1. The van der Waals surface area contributed by atoms with Crippen molar-refractivity contribution in [2.24, 2.45) is 0 Å². The number of benzene rings is 2. The molecule has 1 aliphatic rings. The Bertz CT molecular complexity index is 1230. The molecule has 1 aromatic heterocycles. The zero-order valence-corrected chi connectivity index (χ0v) is 18.0. The van der Waals surface area contributed by atoms with Crippen LogP contribution in [0.15, 0.2) is 54.6 Å². The number of imide groups is 1. The highest BCUT2D eigenvalue weighted by molar-refractivity contribution is 6.30. The summed E-state index contributed by atoms with van der Waals surface area (Å²) in [6.45, 7) is 2.78. The molecule has 1 saturated heterocycles. The van der Waals surface area contributed by atoms with E-state index in [9.17, 15) is 18.8 Å². The van der Waals surface area contributed by atoms with Crippen LogP contribution in [-0.2, 0) is 15.1 Å². The zero-order chi connectivity index (χ0) is 23.0. The summed E-state index contributed by atoms with van der Waals surface area (Å²) in [4.78, 5) is 39.0. The van der Waals surface area contributed by atoms with Gasteiger partial charge in [0.1, 0.15) is 23.7 Å². The number of carbonyl (C=O) groups is 3. The summed E-state index contributed by atoms with van der Waals surface area (Å²) in [6, 6.07) is 13.1. The number of hydrogen-bond acceptors (Lipinski definition) is 4. The van der Waals surface area contributed by atoms with Crippen LogP contribution in [0.25, 0.3) is 5.69 Å². The number of nitrogens with zero attached hydrogens (tertiary/aromatic N) is 3. The van der Waals surface area contributed by atoms with Crippen molar-refractivity contribution in [3.05, 3.63) is 76.7 Å². The smallest absolute Gasteiger partial charge is 0.319 e. The van der Waals surface area contributed by atoms with E-state index in [1.165, 1.54) is 35.9 Å². The number of anilines is 1. The molecule has 32 heavy (non-hydrogen) atoms. The minimum absolute atomic E-state index is 0.364. The molecule has 0 saturated carbocycles. The van der Waals surface area contributed by atoms with E-state index in [1.54, 1.807) is 37.3 Å². The van der Waals surface area contributed by atoms with Gasteiger partial charge in [0.15, 0.2) is 0 Å². The number of carbonyl (C=O) groups excluding carboxylic acids is 3. The van der Waals surface area contributed by atoms with Gasteiger partial charge in [-0.15, -0.1) is 0 Å². The third-order valence-corrected chi connectivity index (χ3v) is 5.39. The highest BCUT2D eigenvalue weighted by Gasteiger charge is 2.49. The molecule has 10 heteroatoms. The minimum atomic E-state index is -1.40. The average Bonchev–Trinajstić information content (AvgIpc) is 3.20. The van der Waals surface area contributed by atoms with Gasteiger partial charge in [-0.1, -0.05) is 29.8 Å². The van der Waals surface area contributed by atoms with Gasteiger partial charge in [0.05, 0.1) is 11.4 Å². The van der Waals surface area contributed by atoms with Gasteiger partial charge in [-0.2, -0.15) is 5.10 Å². The second-order valence-corrected chi connectivity index (χ2v) is 8.00. The lowest BCUT2D eigenvalue weighted by atomic mass is 9.92. The van der Waals surface area contributed by atoms with Gasteiger partial charge in [-0.25, -0.2) is 13.9 Å². The van der Waals surface area contributed by atoms with Crippen LogP contribution < -0.4 is 10.6 Å². The minimum Gasteiger partial charge on any atom is -0.319 e. The van der Waals surface area contributed by atoms with Crippen molar-refractivity contribution in [3.8, 4) is 5.69 Å². The topological polar surface area (TPSA) is 96.3 Å². The van der Waals surface area contributed by atoms with Crippen molar-refractivity contribution in [1.29, 1.82) is 0 Å². The predicted octanol–water partition coefficient (Wildman–Crippen LogP) is 3.38. The van der Waals surface area contributed by atoms with Gasteiger partial charge in [-0.3, -0.25) is 14.5 Å². The van der Waals surface area contributed by atoms with Gasteiger partial charge in [0, 0.05) is 11.1 Å². The Morgan fingerprint density at radius 3 is 2.59 bits per heavy atom. The number of rotatable bonds is 5. The van der Waals surface area contributed by atoms with E-state index in [0.29, 0.717) is 27.8 Å². The molecule has 2 N–H and O–H groups in total. The summed E-state index contributed by atoms with van der Waals surface area (Å²) in [5.74, 6) is -1.29. The maximum atomic E-state index is 13.3. The van der Waals surface area contributed by atoms with Crippen molar-refractivity contribution < 1.29 is 18.8 Å². The fraction of sp³-hybridized carbons (Fsp3) is 0.182. The van der Waals surface area contributed by atoms with E-state index in [4.69, 9.17) is 11.6 Å². The van der Waals surface area contributed by atoms with Crippen LogP contribution in [0.1, 0.15) is 18.2 Å². The molecule has 0 radical (unpaired) electrons. The summed E-state index contributed by atoms with van der Waals surface area (Å²) in [5.41, 5.74) is 0.304. The molecule has 0 bridgehead atoms. The number of amides is 4. The Morgan fingerprint density at radius 2 is 1.91 bits per heavy atom. The van der Waals surface area contributed by atoms with Crippen molar-refractivity contribution in [2.45, 2.75) is 19.4 Å². The second-order valence-electron chi connectivity index (χ2n) is 7.56. The first kappa shape index (κ1) is 21.5. The number of hydrogen-bond donors (Lipinski definition) is 2. The van der Waals surface area contributed by atoms with Gasteiger partial charge in [-0.05, 0) is 49.7 Å². The highest BCUT2D eigenvalue weighted by atomic mass is 35.5. The fourth-order valence-corrected chi connectivity index (χ4v) is 3.72. The van der Waals surface area contributed by atoms with Crippen molar-refractivity contribution in [3.63, 3.8) is 0 Å². The maximum Gasteiger partial charge on any atom is 0.325 e. The first-order chi connectivity index (χ1) is 15.2. The standard InChI is InChI=1S/C22H19ClFN5O3/c1-13-10-18(29(27-13)17-5-3-4-15(23)11-17)25-19(30)12-28-20(31)22(2,26-21(28)32)14-6-8-16(24)9-7-14/h3-11H,12H2,1-2H3,(H,25,30)(H,26,32). The molecular formula is C22H19ClFN5O3. The highest BCUT2D eigenvalue weighted by Crippen LogP contribution is 2.29. The molecule has 2 heterocycles. The van der Waals surface area contributed by atoms with Crippen LogP contribution in [0.2, 0.25) is 5.02 Å². The SMILES string of the molecule is Cc1cc(NC(=O)CN2C(=O)NC(C)(c3ccc(F)cc3)C2=O)n(-c2cccc(Cl)c2)n1. The third kappa shape index (κ3) is 3.94. The van der Waals surface area contributed by atoms with Gasteiger partial charge < -0.3 is 10.6 Å². The van der Waals surface area contributed by atoms with E-state index < -0.39 is 35.7 Å². The van der Waals surface area contributed by atoms with E-state index in [0.717, 1.165) is 4.90 Å². The number of nitrogens with one attached hydrogen (secondary N) is 2. The number of urea groups is 1. The van der Waals surface area contributed by atoms with Crippen molar-refractivity contribution >= 4 is 35.3 Å². The Kier molecular flexibility index (Phi) is 5.43. The summed E-state index contributed by atoms with van der Waals surface area (Å²) in [6.07, 6.45) is 0. The quantitative estimate of drug-likeness (QED) is 0.576. The monoisotopic (exact) mass is 455 g/mol. The molecule has 3 aromatic rings. The molecule has 2 aromatic carbocycles.